The summed E-state index contributed by atoms with van der Waals surface area (Å²) in [6, 6.07) is 28.5. The number of H-pyrrole nitrogens is 1. The number of benzene rings is 4. The van der Waals surface area contributed by atoms with Crippen molar-refractivity contribution in [3.63, 3.8) is 0 Å². The van der Waals surface area contributed by atoms with Crippen molar-refractivity contribution in [2.75, 3.05) is 7.11 Å². The molecule has 3 nitrogen and oxygen atoms in total. The van der Waals surface area contributed by atoms with Crippen molar-refractivity contribution < 1.29 is 9.84 Å². The van der Waals surface area contributed by atoms with Crippen LogP contribution in [-0.4, -0.2) is 17.2 Å². The molecule has 0 aliphatic heterocycles. The molecule has 0 aliphatic rings. The molecule has 0 unspecified atom stereocenters. The summed E-state index contributed by atoms with van der Waals surface area (Å²) in [5.41, 5.74) is 3.58. The number of nitrogens with one attached hydrogen (secondary N) is 1. The number of rotatable bonds is 4. The minimum atomic E-state index is -0.569. The summed E-state index contributed by atoms with van der Waals surface area (Å²) in [5.74, 6) is 1.12. The molecule has 1 atom stereocenters. The number of aromatic amines is 1. The lowest BCUT2D eigenvalue weighted by molar-refractivity contribution is 0.414. The van der Waals surface area contributed by atoms with E-state index in [0.29, 0.717) is 5.75 Å². The van der Waals surface area contributed by atoms with Gasteiger partial charge in [-0.1, -0.05) is 66.7 Å². The van der Waals surface area contributed by atoms with Gasteiger partial charge in [0.1, 0.15) is 11.5 Å². The summed E-state index contributed by atoms with van der Waals surface area (Å²) in [4.78, 5) is 3.41. The van der Waals surface area contributed by atoms with Gasteiger partial charge in [-0.05, 0) is 41.6 Å². The average Bonchev–Trinajstić information content (AvgIpc) is 3.24. The van der Waals surface area contributed by atoms with E-state index in [9.17, 15) is 5.11 Å². The lowest BCUT2D eigenvalue weighted by Crippen LogP contribution is -2.25. The van der Waals surface area contributed by atoms with Crippen molar-refractivity contribution in [3.05, 3.63) is 108 Å². The van der Waals surface area contributed by atoms with Crippen LogP contribution >= 0.6 is 0 Å². The number of methoxy groups -OCH3 is 1. The van der Waals surface area contributed by atoms with E-state index in [1.807, 2.05) is 54.6 Å². The molecule has 0 bridgehead atoms. The first-order valence-corrected chi connectivity index (χ1v) is 10.1. The lowest BCUT2D eigenvalue weighted by Gasteiger charge is -2.32. The van der Waals surface area contributed by atoms with E-state index in [-0.39, 0.29) is 0 Å². The summed E-state index contributed by atoms with van der Waals surface area (Å²) in [6.45, 7) is 2.17. The van der Waals surface area contributed by atoms with Crippen molar-refractivity contribution in [2.45, 2.75) is 12.3 Å². The Kier molecular flexibility index (Phi) is 4.25. The molecule has 0 saturated carbocycles. The molecule has 0 saturated heterocycles. The lowest BCUT2D eigenvalue weighted by atomic mass is 9.70. The van der Waals surface area contributed by atoms with Crippen LogP contribution in [0.3, 0.4) is 0 Å². The number of para-hydroxylation sites is 1. The third kappa shape index (κ3) is 2.66. The second-order valence-electron chi connectivity index (χ2n) is 7.78. The van der Waals surface area contributed by atoms with E-state index in [4.69, 9.17) is 4.74 Å². The van der Waals surface area contributed by atoms with Gasteiger partial charge in [0.05, 0.1) is 7.11 Å². The highest BCUT2D eigenvalue weighted by molar-refractivity contribution is 5.92. The van der Waals surface area contributed by atoms with Gasteiger partial charge in [0.25, 0.3) is 0 Å². The van der Waals surface area contributed by atoms with Gasteiger partial charge in [0.15, 0.2) is 0 Å². The standard InChI is InChI=1S/C27H23NO2/c1-27(19-12-14-20(30-2)15-13-19,24-17-28-25-10-6-5-9-22(24)25)23-16-11-18-7-3-4-8-21(18)26(23)29/h3-17,28-29H,1-2H3/t27-/m1/s1. The van der Waals surface area contributed by atoms with E-state index in [1.165, 1.54) is 0 Å². The zero-order valence-electron chi connectivity index (χ0n) is 17.0. The van der Waals surface area contributed by atoms with Crippen LogP contribution in [0, 0.1) is 0 Å². The highest BCUT2D eigenvalue weighted by Gasteiger charge is 2.36. The van der Waals surface area contributed by atoms with Crippen LogP contribution in [0.4, 0.5) is 0 Å². The topological polar surface area (TPSA) is 45.2 Å². The number of hydrogen-bond donors (Lipinski definition) is 2. The summed E-state index contributed by atoms with van der Waals surface area (Å²) >= 11 is 0. The van der Waals surface area contributed by atoms with Gasteiger partial charge in [-0.3, -0.25) is 0 Å². The minimum Gasteiger partial charge on any atom is -0.507 e. The van der Waals surface area contributed by atoms with Gasteiger partial charge in [0.2, 0.25) is 0 Å². The maximum atomic E-state index is 11.4. The molecule has 4 aromatic carbocycles. The van der Waals surface area contributed by atoms with Crippen LogP contribution in [0.1, 0.15) is 23.6 Å². The fourth-order valence-corrected chi connectivity index (χ4v) is 4.52. The van der Waals surface area contributed by atoms with Crippen molar-refractivity contribution in [1.29, 1.82) is 0 Å². The Morgan fingerprint density at radius 2 is 1.47 bits per heavy atom. The highest BCUT2D eigenvalue weighted by atomic mass is 16.5. The summed E-state index contributed by atoms with van der Waals surface area (Å²) in [7, 11) is 1.67. The first kappa shape index (κ1) is 18.3. The first-order chi connectivity index (χ1) is 14.6. The Hall–Kier alpha value is -3.72. The Morgan fingerprint density at radius 3 is 2.23 bits per heavy atom. The van der Waals surface area contributed by atoms with Gasteiger partial charge in [0, 0.05) is 33.5 Å². The molecule has 148 valence electrons. The molecule has 0 radical (unpaired) electrons. The second kappa shape index (κ2) is 6.96. The third-order valence-corrected chi connectivity index (χ3v) is 6.23. The number of aromatic hydroxyl groups is 1. The Bertz CT molecular complexity index is 1350. The summed E-state index contributed by atoms with van der Waals surface area (Å²) < 4.78 is 5.37. The van der Waals surface area contributed by atoms with E-state index in [1.54, 1.807) is 7.11 Å². The maximum absolute atomic E-state index is 11.4. The van der Waals surface area contributed by atoms with Crippen molar-refractivity contribution in [2.24, 2.45) is 0 Å². The summed E-state index contributed by atoms with van der Waals surface area (Å²) in [6.07, 6.45) is 2.06. The Morgan fingerprint density at radius 1 is 0.767 bits per heavy atom. The zero-order valence-corrected chi connectivity index (χ0v) is 17.0. The van der Waals surface area contributed by atoms with Gasteiger partial charge >= 0.3 is 0 Å². The predicted molar refractivity (Wildman–Crippen MR) is 122 cm³/mol. The average molecular weight is 393 g/mol. The largest absolute Gasteiger partial charge is 0.507 e. The first-order valence-electron chi connectivity index (χ1n) is 10.1. The third-order valence-electron chi connectivity index (χ3n) is 6.23. The van der Waals surface area contributed by atoms with Crippen LogP contribution in [-0.2, 0) is 5.41 Å². The number of ether oxygens (including phenoxy) is 1. The maximum Gasteiger partial charge on any atom is 0.127 e. The molecule has 3 heteroatoms. The molecule has 0 fully saturated rings. The molecule has 0 aliphatic carbocycles. The molecule has 1 heterocycles. The molecular formula is C27H23NO2. The van der Waals surface area contributed by atoms with Crippen molar-refractivity contribution in [1.82, 2.24) is 4.98 Å². The SMILES string of the molecule is COc1ccc([C@](C)(c2ccc3ccccc3c2O)c2c[nH]c3ccccc23)cc1. The van der Waals surface area contributed by atoms with Crippen LogP contribution in [0.25, 0.3) is 21.7 Å². The highest BCUT2D eigenvalue weighted by Crippen LogP contribution is 2.47. The quantitative estimate of drug-likeness (QED) is 0.372. The van der Waals surface area contributed by atoms with E-state index >= 15 is 0 Å². The zero-order chi connectivity index (χ0) is 20.7. The Balaban J connectivity index is 1.84. The number of fused-ring (bicyclic) bond motifs is 2. The number of aromatic nitrogens is 1. The van der Waals surface area contributed by atoms with E-state index in [0.717, 1.165) is 44.1 Å². The van der Waals surface area contributed by atoms with E-state index < -0.39 is 5.41 Å². The summed E-state index contributed by atoms with van der Waals surface area (Å²) in [5, 5.41) is 14.4. The van der Waals surface area contributed by atoms with E-state index in [2.05, 4.69) is 48.4 Å². The van der Waals surface area contributed by atoms with Gasteiger partial charge in [-0.2, -0.15) is 0 Å². The minimum absolute atomic E-state index is 0.316. The molecule has 5 aromatic rings. The molecular weight excluding hydrogens is 370 g/mol. The molecule has 0 amide bonds. The molecule has 1 aromatic heterocycles. The Labute approximate surface area is 175 Å². The van der Waals surface area contributed by atoms with Gasteiger partial charge in [-0.15, -0.1) is 0 Å². The number of phenolic OH excluding ortho intramolecular Hbond substituents is 1. The fraction of sp³-hybridized carbons (Fsp3) is 0.111. The van der Waals surface area contributed by atoms with Gasteiger partial charge in [-0.25, -0.2) is 0 Å². The van der Waals surface area contributed by atoms with Crippen LogP contribution in [0.5, 0.6) is 11.5 Å². The molecule has 30 heavy (non-hydrogen) atoms. The molecule has 0 spiro atoms. The van der Waals surface area contributed by atoms with Crippen LogP contribution in [0.15, 0.2) is 91.1 Å². The number of hydrogen-bond acceptors (Lipinski definition) is 2. The number of phenols is 1. The molecule has 2 N–H and O–H groups in total. The van der Waals surface area contributed by atoms with Crippen LogP contribution < -0.4 is 4.74 Å². The normalized spacial score (nSPS) is 13.4. The van der Waals surface area contributed by atoms with Crippen molar-refractivity contribution >= 4 is 21.7 Å². The van der Waals surface area contributed by atoms with Gasteiger partial charge < -0.3 is 14.8 Å². The smallest absolute Gasteiger partial charge is 0.127 e. The monoisotopic (exact) mass is 393 g/mol. The van der Waals surface area contributed by atoms with Crippen molar-refractivity contribution in [3.8, 4) is 11.5 Å². The fourth-order valence-electron chi connectivity index (χ4n) is 4.52. The second-order valence-corrected chi connectivity index (χ2v) is 7.78. The van der Waals surface area contributed by atoms with Crippen LogP contribution in [0.2, 0.25) is 0 Å². The molecule has 5 rings (SSSR count). The predicted octanol–water partition coefficient (Wildman–Crippen LogP) is 6.39.